The fraction of sp³-hybridized carbons (Fsp3) is 0.857. The Morgan fingerprint density at radius 3 is 2.39 bits per heavy atom. The van der Waals surface area contributed by atoms with Gasteiger partial charge in [0.2, 0.25) is 5.91 Å². The number of amides is 1. The molecule has 0 saturated heterocycles. The molecular formula is C14H25N3O. The van der Waals surface area contributed by atoms with Crippen LogP contribution in [0, 0.1) is 22.2 Å². The summed E-state index contributed by atoms with van der Waals surface area (Å²) in [5.41, 5.74) is -0.734. The van der Waals surface area contributed by atoms with E-state index in [4.69, 9.17) is 0 Å². The maximum absolute atomic E-state index is 12.2. The van der Waals surface area contributed by atoms with Crippen molar-refractivity contribution in [1.82, 2.24) is 10.2 Å². The van der Waals surface area contributed by atoms with Crippen LogP contribution in [0.1, 0.15) is 39.5 Å². The highest BCUT2D eigenvalue weighted by molar-refractivity contribution is 5.85. The minimum absolute atomic E-state index is 0.0222. The molecule has 0 unspecified atom stereocenters. The summed E-state index contributed by atoms with van der Waals surface area (Å²) in [7, 11) is 4.05. The number of rotatable bonds is 5. The third-order valence-electron chi connectivity index (χ3n) is 3.58. The molecule has 102 valence electrons. The smallest absolute Gasteiger partial charge is 0.240 e. The number of nitriles is 1. The molecule has 0 aromatic heterocycles. The van der Waals surface area contributed by atoms with Gasteiger partial charge in [-0.15, -0.1) is 0 Å². The van der Waals surface area contributed by atoms with Gasteiger partial charge in [0.15, 0.2) is 0 Å². The van der Waals surface area contributed by atoms with Crippen LogP contribution in [-0.4, -0.2) is 38.0 Å². The van der Waals surface area contributed by atoms with Crippen LogP contribution in [-0.2, 0) is 4.79 Å². The van der Waals surface area contributed by atoms with Crippen LogP contribution in [0.2, 0.25) is 0 Å². The highest BCUT2D eigenvalue weighted by atomic mass is 16.2. The van der Waals surface area contributed by atoms with Crippen molar-refractivity contribution in [3.8, 4) is 6.07 Å². The second-order valence-corrected chi connectivity index (χ2v) is 6.49. The van der Waals surface area contributed by atoms with E-state index in [1.807, 2.05) is 14.1 Å². The third kappa shape index (κ3) is 3.71. The van der Waals surface area contributed by atoms with Crippen molar-refractivity contribution in [3.63, 3.8) is 0 Å². The van der Waals surface area contributed by atoms with Crippen LogP contribution in [0.3, 0.4) is 0 Å². The topological polar surface area (TPSA) is 56.1 Å². The molecule has 18 heavy (non-hydrogen) atoms. The summed E-state index contributed by atoms with van der Waals surface area (Å²) in [6, 6.07) is 2.23. The van der Waals surface area contributed by atoms with Gasteiger partial charge < -0.3 is 10.2 Å². The van der Waals surface area contributed by atoms with Crippen LogP contribution >= 0.6 is 0 Å². The molecule has 1 amide bonds. The van der Waals surface area contributed by atoms with Gasteiger partial charge in [-0.1, -0.05) is 26.7 Å². The van der Waals surface area contributed by atoms with Crippen molar-refractivity contribution in [1.29, 1.82) is 5.26 Å². The SMILES string of the molecule is CN(C)CC(C)(C)CNC(=O)C1(C#N)CCCC1. The molecule has 0 aromatic rings. The molecule has 4 heteroatoms. The summed E-state index contributed by atoms with van der Waals surface area (Å²) in [5.74, 6) is -0.0747. The monoisotopic (exact) mass is 251 g/mol. The Bertz CT molecular complexity index is 335. The maximum atomic E-state index is 12.2. The molecule has 0 radical (unpaired) electrons. The van der Waals surface area contributed by atoms with Crippen molar-refractivity contribution in [2.75, 3.05) is 27.2 Å². The van der Waals surface area contributed by atoms with E-state index in [-0.39, 0.29) is 11.3 Å². The van der Waals surface area contributed by atoms with Crippen LogP contribution in [0.4, 0.5) is 0 Å². The first-order chi connectivity index (χ1) is 8.31. The molecule has 1 rings (SSSR count). The van der Waals surface area contributed by atoms with Crippen LogP contribution < -0.4 is 5.32 Å². The predicted molar refractivity (Wildman–Crippen MR) is 71.9 cm³/mol. The molecule has 0 spiro atoms. The summed E-state index contributed by atoms with van der Waals surface area (Å²) in [5, 5.41) is 12.2. The predicted octanol–water partition coefficient (Wildman–Crippen LogP) is 1.77. The molecular weight excluding hydrogens is 226 g/mol. The highest BCUT2D eigenvalue weighted by Gasteiger charge is 2.41. The van der Waals surface area contributed by atoms with Gasteiger partial charge in [0.05, 0.1) is 6.07 Å². The van der Waals surface area contributed by atoms with E-state index in [0.717, 1.165) is 19.4 Å². The summed E-state index contributed by atoms with van der Waals surface area (Å²) in [6.45, 7) is 5.78. The van der Waals surface area contributed by atoms with Crippen molar-refractivity contribution < 1.29 is 4.79 Å². The van der Waals surface area contributed by atoms with Gasteiger partial charge in [-0.25, -0.2) is 0 Å². The average Bonchev–Trinajstić information content (AvgIpc) is 2.74. The zero-order chi connectivity index (χ0) is 13.8. The van der Waals surface area contributed by atoms with Crippen molar-refractivity contribution >= 4 is 5.91 Å². The quantitative estimate of drug-likeness (QED) is 0.810. The molecule has 0 atom stereocenters. The van der Waals surface area contributed by atoms with Crippen molar-refractivity contribution in [3.05, 3.63) is 0 Å². The molecule has 0 heterocycles. The first-order valence-corrected chi connectivity index (χ1v) is 6.66. The normalized spacial score (nSPS) is 18.7. The zero-order valence-electron chi connectivity index (χ0n) is 12.0. The molecule has 1 saturated carbocycles. The zero-order valence-corrected chi connectivity index (χ0v) is 12.0. The standard InChI is InChI=1S/C14H25N3O/c1-13(2,11-17(3)4)10-16-12(18)14(9-15)7-5-6-8-14/h5-8,10-11H2,1-4H3,(H,16,18). The van der Waals surface area contributed by atoms with Gasteiger partial charge in [-0.3, -0.25) is 4.79 Å². The average molecular weight is 251 g/mol. The van der Waals surface area contributed by atoms with E-state index in [2.05, 4.69) is 30.1 Å². The lowest BCUT2D eigenvalue weighted by atomic mass is 9.86. The molecule has 1 aliphatic rings. The van der Waals surface area contributed by atoms with Gasteiger partial charge >= 0.3 is 0 Å². The Morgan fingerprint density at radius 1 is 1.39 bits per heavy atom. The lowest BCUT2D eigenvalue weighted by Gasteiger charge is -2.30. The third-order valence-corrected chi connectivity index (χ3v) is 3.58. The lowest BCUT2D eigenvalue weighted by molar-refractivity contribution is -0.128. The fourth-order valence-corrected chi connectivity index (χ4v) is 2.77. The molecule has 0 bridgehead atoms. The lowest BCUT2D eigenvalue weighted by Crippen LogP contribution is -2.45. The minimum Gasteiger partial charge on any atom is -0.354 e. The first-order valence-electron chi connectivity index (χ1n) is 6.66. The second kappa shape index (κ2) is 5.71. The Balaban J connectivity index is 2.53. The van der Waals surface area contributed by atoms with Crippen LogP contribution in [0.5, 0.6) is 0 Å². The van der Waals surface area contributed by atoms with E-state index in [1.165, 1.54) is 0 Å². The largest absolute Gasteiger partial charge is 0.354 e. The Hall–Kier alpha value is -1.08. The number of nitrogens with one attached hydrogen (secondary N) is 1. The fourth-order valence-electron chi connectivity index (χ4n) is 2.77. The summed E-state index contributed by atoms with van der Waals surface area (Å²) >= 11 is 0. The van der Waals surface area contributed by atoms with Gasteiger partial charge in [-0.2, -0.15) is 5.26 Å². The summed E-state index contributed by atoms with van der Waals surface area (Å²) < 4.78 is 0. The second-order valence-electron chi connectivity index (χ2n) is 6.49. The molecule has 1 fully saturated rings. The van der Waals surface area contributed by atoms with E-state index in [1.54, 1.807) is 0 Å². The van der Waals surface area contributed by atoms with Crippen molar-refractivity contribution in [2.24, 2.45) is 10.8 Å². The van der Waals surface area contributed by atoms with E-state index in [0.29, 0.717) is 19.4 Å². The van der Waals surface area contributed by atoms with E-state index in [9.17, 15) is 10.1 Å². The Labute approximate surface area is 110 Å². The Kier molecular flexibility index (Phi) is 4.75. The van der Waals surface area contributed by atoms with Crippen molar-refractivity contribution in [2.45, 2.75) is 39.5 Å². The van der Waals surface area contributed by atoms with E-state index >= 15 is 0 Å². The molecule has 1 aliphatic carbocycles. The van der Waals surface area contributed by atoms with Crippen LogP contribution in [0.15, 0.2) is 0 Å². The number of hydrogen-bond acceptors (Lipinski definition) is 3. The van der Waals surface area contributed by atoms with E-state index < -0.39 is 5.41 Å². The highest BCUT2D eigenvalue weighted by Crippen LogP contribution is 2.37. The molecule has 0 aliphatic heterocycles. The molecule has 4 nitrogen and oxygen atoms in total. The minimum atomic E-state index is -0.756. The summed E-state index contributed by atoms with van der Waals surface area (Å²) in [4.78, 5) is 14.3. The van der Waals surface area contributed by atoms with Gasteiger partial charge in [0.25, 0.3) is 0 Å². The number of nitrogens with zero attached hydrogens (tertiary/aromatic N) is 2. The number of carbonyl (C=O) groups excluding carboxylic acids is 1. The first kappa shape index (κ1) is 15.0. The van der Waals surface area contributed by atoms with Gasteiger partial charge in [-0.05, 0) is 32.4 Å². The maximum Gasteiger partial charge on any atom is 0.240 e. The van der Waals surface area contributed by atoms with Gasteiger partial charge in [0, 0.05) is 13.1 Å². The number of hydrogen-bond donors (Lipinski definition) is 1. The molecule has 0 aromatic carbocycles. The Morgan fingerprint density at radius 2 is 1.94 bits per heavy atom. The molecule has 1 N–H and O–H groups in total. The number of carbonyl (C=O) groups is 1. The van der Waals surface area contributed by atoms with Gasteiger partial charge in [0.1, 0.15) is 5.41 Å². The summed E-state index contributed by atoms with van der Waals surface area (Å²) in [6.07, 6.45) is 3.40. The van der Waals surface area contributed by atoms with Crippen LogP contribution in [0.25, 0.3) is 0 Å².